The number of carbonyl (C=O) groups excluding carboxylic acids is 1. The van der Waals surface area contributed by atoms with Crippen LogP contribution >= 0.6 is 0 Å². The SMILES string of the molecule is N#C[C@@H]1CCCN1C(=O)[C@@H]1C[C@H](CCOc2ccc(C(=O)O)cc2)CN1. The number of rotatable bonds is 6. The molecule has 0 saturated carbocycles. The summed E-state index contributed by atoms with van der Waals surface area (Å²) in [5.74, 6) is 0.0792. The molecule has 2 aliphatic heterocycles. The number of amides is 1. The highest BCUT2D eigenvalue weighted by atomic mass is 16.5. The zero-order valence-corrected chi connectivity index (χ0v) is 14.6. The summed E-state index contributed by atoms with van der Waals surface area (Å²) in [6.07, 6.45) is 3.25. The van der Waals surface area contributed by atoms with E-state index in [9.17, 15) is 9.59 Å². The third kappa shape index (κ3) is 4.14. The Balaban J connectivity index is 1.42. The summed E-state index contributed by atoms with van der Waals surface area (Å²) in [6, 6.07) is 8.07. The van der Waals surface area contributed by atoms with Gasteiger partial charge in [0.15, 0.2) is 0 Å². The van der Waals surface area contributed by atoms with Crippen LogP contribution in [0.15, 0.2) is 24.3 Å². The number of nitriles is 1. The van der Waals surface area contributed by atoms with Crippen LogP contribution in [0.1, 0.15) is 36.0 Å². The lowest BCUT2D eigenvalue weighted by Gasteiger charge is -2.23. The molecule has 3 atom stereocenters. The Morgan fingerprint density at radius 2 is 2.12 bits per heavy atom. The van der Waals surface area contributed by atoms with Gasteiger partial charge < -0.3 is 20.1 Å². The summed E-state index contributed by atoms with van der Waals surface area (Å²) in [7, 11) is 0. The molecule has 0 aliphatic carbocycles. The van der Waals surface area contributed by atoms with Crippen molar-refractivity contribution in [2.75, 3.05) is 19.7 Å². The van der Waals surface area contributed by atoms with Crippen LogP contribution in [-0.4, -0.2) is 53.7 Å². The topological polar surface area (TPSA) is 103 Å². The molecule has 0 radical (unpaired) electrons. The number of hydrogen-bond donors (Lipinski definition) is 2. The maximum atomic E-state index is 12.6. The van der Waals surface area contributed by atoms with E-state index >= 15 is 0 Å². The van der Waals surface area contributed by atoms with Crippen molar-refractivity contribution < 1.29 is 19.4 Å². The summed E-state index contributed by atoms with van der Waals surface area (Å²) in [4.78, 5) is 25.1. The van der Waals surface area contributed by atoms with Gasteiger partial charge in [0.2, 0.25) is 5.91 Å². The van der Waals surface area contributed by atoms with Crippen LogP contribution in [0.5, 0.6) is 5.75 Å². The predicted octanol–water partition coefficient (Wildman–Crippen LogP) is 1.65. The fourth-order valence-electron chi connectivity index (χ4n) is 3.62. The van der Waals surface area contributed by atoms with Crippen LogP contribution in [0.3, 0.4) is 0 Å². The largest absolute Gasteiger partial charge is 0.494 e. The van der Waals surface area contributed by atoms with Gasteiger partial charge in [-0.2, -0.15) is 5.26 Å². The lowest BCUT2D eigenvalue weighted by molar-refractivity contribution is -0.133. The molecule has 0 bridgehead atoms. The minimum Gasteiger partial charge on any atom is -0.494 e. The number of ether oxygens (including phenoxy) is 1. The Morgan fingerprint density at radius 3 is 2.81 bits per heavy atom. The number of nitrogens with one attached hydrogen (secondary N) is 1. The lowest BCUT2D eigenvalue weighted by atomic mass is 10.0. The molecule has 3 rings (SSSR count). The van der Waals surface area contributed by atoms with Gasteiger partial charge >= 0.3 is 5.97 Å². The van der Waals surface area contributed by atoms with E-state index in [-0.39, 0.29) is 23.6 Å². The number of nitrogens with zero attached hydrogens (tertiary/aromatic N) is 2. The van der Waals surface area contributed by atoms with Crippen molar-refractivity contribution in [2.45, 2.75) is 37.8 Å². The van der Waals surface area contributed by atoms with E-state index in [1.165, 1.54) is 12.1 Å². The Hall–Kier alpha value is -2.59. The van der Waals surface area contributed by atoms with E-state index in [2.05, 4.69) is 11.4 Å². The van der Waals surface area contributed by atoms with Gasteiger partial charge in [-0.05, 0) is 62.4 Å². The predicted molar refractivity (Wildman–Crippen MR) is 93.8 cm³/mol. The summed E-state index contributed by atoms with van der Waals surface area (Å²) in [5, 5.41) is 21.3. The number of hydrogen-bond acceptors (Lipinski definition) is 5. The highest BCUT2D eigenvalue weighted by Gasteiger charge is 2.36. The maximum Gasteiger partial charge on any atom is 0.335 e. The zero-order valence-electron chi connectivity index (χ0n) is 14.6. The molecule has 26 heavy (non-hydrogen) atoms. The van der Waals surface area contributed by atoms with Gasteiger partial charge in [0.1, 0.15) is 11.8 Å². The molecule has 1 aromatic carbocycles. The fourth-order valence-corrected chi connectivity index (χ4v) is 3.62. The fraction of sp³-hybridized carbons (Fsp3) is 0.526. The van der Waals surface area contributed by atoms with Gasteiger partial charge in [0.25, 0.3) is 0 Å². The highest BCUT2D eigenvalue weighted by molar-refractivity contribution is 5.87. The summed E-state index contributed by atoms with van der Waals surface area (Å²) in [6.45, 7) is 1.96. The first kappa shape index (κ1) is 18.2. The normalized spacial score (nSPS) is 25.0. The molecule has 1 amide bonds. The first-order valence-electron chi connectivity index (χ1n) is 8.98. The van der Waals surface area contributed by atoms with E-state index < -0.39 is 5.97 Å². The van der Waals surface area contributed by atoms with Gasteiger partial charge in [-0.25, -0.2) is 4.79 Å². The number of aromatic carboxylic acids is 1. The molecular formula is C19H23N3O4. The molecular weight excluding hydrogens is 334 g/mol. The summed E-state index contributed by atoms with van der Waals surface area (Å²) < 4.78 is 5.67. The van der Waals surface area contributed by atoms with E-state index in [4.69, 9.17) is 15.1 Å². The Morgan fingerprint density at radius 1 is 1.35 bits per heavy atom. The molecule has 2 saturated heterocycles. The van der Waals surface area contributed by atoms with Crippen LogP contribution in [0.4, 0.5) is 0 Å². The van der Waals surface area contributed by atoms with Crippen molar-refractivity contribution >= 4 is 11.9 Å². The van der Waals surface area contributed by atoms with E-state index in [0.717, 1.165) is 32.2 Å². The average Bonchev–Trinajstić information content (AvgIpc) is 3.31. The van der Waals surface area contributed by atoms with Crippen LogP contribution in [0.2, 0.25) is 0 Å². The van der Waals surface area contributed by atoms with Crippen LogP contribution in [0, 0.1) is 17.2 Å². The van der Waals surface area contributed by atoms with Gasteiger partial charge in [-0.15, -0.1) is 0 Å². The lowest BCUT2D eigenvalue weighted by Crippen LogP contribution is -2.45. The average molecular weight is 357 g/mol. The first-order valence-corrected chi connectivity index (χ1v) is 8.98. The maximum absolute atomic E-state index is 12.6. The zero-order chi connectivity index (χ0) is 18.5. The molecule has 2 heterocycles. The second kappa shape index (κ2) is 8.19. The number of likely N-dealkylation sites (tertiary alicyclic amines) is 1. The number of carboxylic acids is 1. The van der Waals surface area contributed by atoms with E-state index in [0.29, 0.717) is 24.8 Å². The molecule has 2 N–H and O–H groups in total. The molecule has 7 nitrogen and oxygen atoms in total. The molecule has 138 valence electrons. The van der Waals surface area contributed by atoms with E-state index in [1.54, 1.807) is 17.0 Å². The van der Waals surface area contributed by atoms with Crippen molar-refractivity contribution in [3.8, 4) is 11.8 Å². The Labute approximate surface area is 152 Å². The third-order valence-electron chi connectivity index (χ3n) is 5.10. The molecule has 1 aromatic rings. The Bertz CT molecular complexity index is 698. The van der Waals surface area contributed by atoms with Gasteiger partial charge in [-0.1, -0.05) is 0 Å². The number of carbonyl (C=O) groups is 2. The molecule has 7 heteroatoms. The van der Waals surface area contributed by atoms with Gasteiger partial charge in [0, 0.05) is 6.54 Å². The molecule has 2 aliphatic rings. The van der Waals surface area contributed by atoms with Crippen molar-refractivity contribution in [2.24, 2.45) is 5.92 Å². The van der Waals surface area contributed by atoms with Gasteiger partial charge in [-0.3, -0.25) is 4.79 Å². The molecule has 2 fully saturated rings. The van der Waals surface area contributed by atoms with Crippen molar-refractivity contribution in [1.82, 2.24) is 10.2 Å². The second-order valence-electron chi connectivity index (χ2n) is 6.85. The van der Waals surface area contributed by atoms with Gasteiger partial charge in [0.05, 0.1) is 24.3 Å². The monoisotopic (exact) mass is 357 g/mol. The summed E-state index contributed by atoms with van der Waals surface area (Å²) in [5.41, 5.74) is 0.233. The minimum atomic E-state index is -0.957. The molecule has 0 unspecified atom stereocenters. The van der Waals surface area contributed by atoms with Crippen LogP contribution in [-0.2, 0) is 4.79 Å². The quantitative estimate of drug-likeness (QED) is 0.802. The number of benzene rings is 1. The number of carboxylic acid groups (broad SMARTS) is 1. The van der Waals surface area contributed by atoms with Crippen molar-refractivity contribution in [3.63, 3.8) is 0 Å². The highest BCUT2D eigenvalue weighted by Crippen LogP contribution is 2.24. The van der Waals surface area contributed by atoms with Crippen LogP contribution < -0.4 is 10.1 Å². The molecule has 0 aromatic heterocycles. The minimum absolute atomic E-state index is 0.0433. The van der Waals surface area contributed by atoms with Crippen LogP contribution in [0.25, 0.3) is 0 Å². The standard InChI is InChI=1S/C19H23N3O4/c20-11-15-2-1-8-22(15)18(23)17-10-13(12-21-17)7-9-26-16-5-3-14(4-6-16)19(24)25/h3-6,13,15,17,21H,1-2,7-10,12H2,(H,24,25)/t13-,15-,17-/m0/s1. The third-order valence-corrected chi connectivity index (χ3v) is 5.10. The second-order valence-corrected chi connectivity index (χ2v) is 6.85. The summed E-state index contributed by atoms with van der Waals surface area (Å²) >= 11 is 0. The Kier molecular flexibility index (Phi) is 5.74. The van der Waals surface area contributed by atoms with E-state index in [1.807, 2.05) is 0 Å². The molecule has 0 spiro atoms. The van der Waals surface area contributed by atoms with Crippen molar-refractivity contribution in [3.05, 3.63) is 29.8 Å². The first-order chi connectivity index (χ1) is 12.6. The van der Waals surface area contributed by atoms with Crippen molar-refractivity contribution in [1.29, 1.82) is 5.26 Å². The smallest absolute Gasteiger partial charge is 0.335 e.